The van der Waals surface area contributed by atoms with Crippen LogP contribution in [-0.4, -0.2) is 35.2 Å². The Kier molecular flexibility index (Phi) is 5.06. The molecule has 2 aromatic heterocycles. The van der Waals surface area contributed by atoms with E-state index in [0.29, 0.717) is 4.88 Å². The standard InChI is InChI=1S/C20H22N4OS2/c1-12-6-7-15(13(2)10-12)21-18(25)16-11-14-17(24-8-4-5-9-24)22-20(26-3)23-19(14)27-16/h6-7,10-11H,4-5,8-9H2,1-3H3,(H,21,25). The molecule has 0 aliphatic carbocycles. The Morgan fingerprint density at radius 2 is 1.96 bits per heavy atom. The van der Waals surface area contributed by atoms with Gasteiger partial charge in [0.15, 0.2) is 5.16 Å². The van der Waals surface area contributed by atoms with Gasteiger partial charge in [0, 0.05) is 18.8 Å². The summed E-state index contributed by atoms with van der Waals surface area (Å²) in [5.41, 5.74) is 3.09. The number of benzene rings is 1. The summed E-state index contributed by atoms with van der Waals surface area (Å²) in [4.78, 5) is 26.1. The first kappa shape index (κ1) is 18.3. The molecule has 1 amide bonds. The van der Waals surface area contributed by atoms with Gasteiger partial charge in [-0.1, -0.05) is 29.5 Å². The zero-order valence-corrected chi connectivity index (χ0v) is 17.3. The molecule has 1 aliphatic heterocycles. The lowest BCUT2D eigenvalue weighted by Crippen LogP contribution is -2.19. The molecule has 1 aromatic carbocycles. The minimum atomic E-state index is -0.0944. The first-order valence-electron chi connectivity index (χ1n) is 9.04. The SMILES string of the molecule is CSc1nc(N2CCCC2)c2cc(C(=O)Nc3ccc(C)cc3C)sc2n1. The van der Waals surface area contributed by atoms with Crippen LogP contribution in [0.3, 0.4) is 0 Å². The number of nitrogens with one attached hydrogen (secondary N) is 1. The van der Waals surface area contributed by atoms with E-state index in [4.69, 9.17) is 4.98 Å². The van der Waals surface area contributed by atoms with Crippen molar-refractivity contribution in [2.24, 2.45) is 0 Å². The summed E-state index contributed by atoms with van der Waals surface area (Å²) in [5, 5.41) is 4.77. The lowest BCUT2D eigenvalue weighted by Gasteiger charge is -2.17. The third kappa shape index (κ3) is 3.66. The van der Waals surface area contributed by atoms with Crippen molar-refractivity contribution in [3.8, 4) is 0 Å². The molecule has 3 aromatic rings. The Balaban J connectivity index is 1.69. The molecule has 0 atom stereocenters. The number of fused-ring (bicyclic) bond motifs is 1. The number of thiophene rings is 1. The van der Waals surface area contributed by atoms with Gasteiger partial charge in [0.05, 0.1) is 10.3 Å². The summed E-state index contributed by atoms with van der Waals surface area (Å²) in [5.74, 6) is 0.867. The van der Waals surface area contributed by atoms with Crippen LogP contribution in [0, 0.1) is 13.8 Å². The molecule has 1 N–H and O–H groups in total. The monoisotopic (exact) mass is 398 g/mol. The molecule has 0 bridgehead atoms. The molecule has 7 heteroatoms. The van der Waals surface area contributed by atoms with Gasteiger partial charge in [-0.15, -0.1) is 11.3 Å². The molecular formula is C20H22N4OS2. The lowest BCUT2D eigenvalue weighted by molar-refractivity contribution is 0.103. The van der Waals surface area contributed by atoms with Gasteiger partial charge in [-0.2, -0.15) is 0 Å². The highest BCUT2D eigenvalue weighted by Crippen LogP contribution is 2.34. The Morgan fingerprint density at radius 3 is 2.67 bits per heavy atom. The second-order valence-corrected chi connectivity index (χ2v) is 8.63. The fraction of sp³-hybridized carbons (Fsp3) is 0.350. The van der Waals surface area contributed by atoms with E-state index < -0.39 is 0 Å². The quantitative estimate of drug-likeness (QED) is 0.501. The number of aromatic nitrogens is 2. The van der Waals surface area contributed by atoms with Gasteiger partial charge in [0.25, 0.3) is 5.91 Å². The third-order valence-electron chi connectivity index (χ3n) is 4.79. The van der Waals surface area contributed by atoms with Crippen LogP contribution in [0.25, 0.3) is 10.2 Å². The molecule has 5 nitrogen and oxygen atoms in total. The van der Waals surface area contributed by atoms with Crippen molar-refractivity contribution >= 4 is 50.7 Å². The Labute approximate surface area is 167 Å². The molecule has 0 saturated carbocycles. The first-order chi connectivity index (χ1) is 13.0. The average molecular weight is 399 g/mol. The van der Waals surface area contributed by atoms with Gasteiger partial charge in [-0.3, -0.25) is 4.79 Å². The molecule has 27 heavy (non-hydrogen) atoms. The van der Waals surface area contributed by atoms with E-state index in [1.165, 1.54) is 41.5 Å². The third-order valence-corrected chi connectivity index (χ3v) is 6.37. The zero-order valence-electron chi connectivity index (χ0n) is 15.7. The summed E-state index contributed by atoms with van der Waals surface area (Å²) < 4.78 is 0. The number of carbonyl (C=O) groups excluding carboxylic acids is 1. The maximum absolute atomic E-state index is 12.8. The summed E-state index contributed by atoms with van der Waals surface area (Å²) in [6.45, 7) is 6.08. The van der Waals surface area contributed by atoms with Gasteiger partial charge in [0.2, 0.25) is 0 Å². The van der Waals surface area contributed by atoms with Gasteiger partial charge in [-0.05, 0) is 50.6 Å². The van der Waals surface area contributed by atoms with E-state index in [2.05, 4.69) is 21.3 Å². The smallest absolute Gasteiger partial charge is 0.265 e. The van der Waals surface area contributed by atoms with Gasteiger partial charge < -0.3 is 10.2 Å². The van der Waals surface area contributed by atoms with E-state index in [1.807, 2.05) is 38.3 Å². The van der Waals surface area contributed by atoms with Crippen molar-refractivity contribution in [3.63, 3.8) is 0 Å². The summed E-state index contributed by atoms with van der Waals surface area (Å²) >= 11 is 2.97. The molecule has 0 spiro atoms. The molecule has 140 valence electrons. The lowest BCUT2D eigenvalue weighted by atomic mass is 10.1. The molecule has 0 unspecified atom stereocenters. The summed E-state index contributed by atoms with van der Waals surface area (Å²) in [7, 11) is 0. The van der Waals surface area contributed by atoms with Crippen molar-refractivity contribution in [3.05, 3.63) is 40.3 Å². The molecule has 4 rings (SSSR count). The molecule has 1 aliphatic rings. The predicted molar refractivity (Wildman–Crippen MR) is 115 cm³/mol. The van der Waals surface area contributed by atoms with E-state index >= 15 is 0 Å². The maximum Gasteiger partial charge on any atom is 0.265 e. The Hall–Kier alpha value is -2.12. The highest BCUT2D eigenvalue weighted by atomic mass is 32.2. The molecule has 3 heterocycles. The van der Waals surface area contributed by atoms with Gasteiger partial charge >= 0.3 is 0 Å². The van der Waals surface area contributed by atoms with Crippen LogP contribution in [-0.2, 0) is 0 Å². The van der Waals surface area contributed by atoms with E-state index in [0.717, 1.165) is 45.5 Å². The second kappa shape index (κ2) is 7.48. The number of carbonyl (C=O) groups is 1. The highest BCUT2D eigenvalue weighted by Gasteiger charge is 2.21. The average Bonchev–Trinajstić information content (AvgIpc) is 3.32. The Morgan fingerprint density at radius 1 is 1.19 bits per heavy atom. The number of thioether (sulfide) groups is 1. The minimum absolute atomic E-state index is 0.0944. The van der Waals surface area contributed by atoms with Crippen molar-refractivity contribution in [1.29, 1.82) is 0 Å². The topological polar surface area (TPSA) is 58.1 Å². The number of anilines is 2. The van der Waals surface area contributed by atoms with Crippen LogP contribution in [0.5, 0.6) is 0 Å². The maximum atomic E-state index is 12.8. The Bertz CT molecular complexity index is 1010. The van der Waals surface area contributed by atoms with Crippen molar-refractivity contribution in [1.82, 2.24) is 9.97 Å². The number of amides is 1. The van der Waals surface area contributed by atoms with Crippen molar-refractivity contribution in [2.45, 2.75) is 31.8 Å². The number of rotatable bonds is 4. The van der Waals surface area contributed by atoms with Crippen LogP contribution >= 0.6 is 23.1 Å². The van der Waals surface area contributed by atoms with Crippen LogP contribution in [0.4, 0.5) is 11.5 Å². The van der Waals surface area contributed by atoms with E-state index in [9.17, 15) is 4.79 Å². The fourth-order valence-corrected chi connectivity index (χ4v) is 4.74. The minimum Gasteiger partial charge on any atom is -0.356 e. The predicted octanol–water partition coefficient (Wildman–Crippen LogP) is 4.88. The normalized spacial score (nSPS) is 14.1. The number of hydrogen-bond acceptors (Lipinski definition) is 6. The van der Waals surface area contributed by atoms with Crippen LogP contribution < -0.4 is 10.2 Å². The van der Waals surface area contributed by atoms with Crippen LogP contribution in [0.1, 0.15) is 33.6 Å². The van der Waals surface area contributed by atoms with Gasteiger partial charge in [-0.25, -0.2) is 9.97 Å². The summed E-state index contributed by atoms with van der Waals surface area (Å²) in [6.07, 6.45) is 4.35. The molecule has 0 radical (unpaired) electrons. The zero-order chi connectivity index (χ0) is 19.0. The van der Waals surface area contributed by atoms with Crippen molar-refractivity contribution in [2.75, 3.05) is 29.6 Å². The van der Waals surface area contributed by atoms with Crippen molar-refractivity contribution < 1.29 is 4.79 Å². The molecule has 1 fully saturated rings. The van der Waals surface area contributed by atoms with E-state index in [1.54, 1.807) is 0 Å². The first-order valence-corrected chi connectivity index (χ1v) is 11.1. The van der Waals surface area contributed by atoms with Crippen LogP contribution in [0.2, 0.25) is 0 Å². The number of hydrogen-bond donors (Lipinski definition) is 1. The largest absolute Gasteiger partial charge is 0.356 e. The second-order valence-electron chi connectivity index (χ2n) is 6.83. The molecule has 1 saturated heterocycles. The van der Waals surface area contributed by atoms with Gasteiger partial charge in [0.1, 0.15) is 10.6 Å². The van der Waals surface area contributed by atoms with Crippen LogP contribution in [0.15, 0.2) is 29.4 Å². The van der Waals surface area contributed by atoms with E-state index in [-0.39, 0.29) is 5.91 Å². The highest BCUT2D eigenvalue weighted by molar-refractivity contribution is 7.98. The molecular weight excluding hydrogens is 376 g/mol. The number of nitrogens with zero attached hydrogens (tertiary/aromatic N) is 3. The number of aryl methyl sites for hydroxylation is 2. The fourth-order valence-electron chi connectivity index (χ4n) is 3.40. The summed E-state index contributed by atoms with van der Waals surface area (Å²) in [6, 6.07) is 7.98.